The normalized spacial score (nSPS) is 15.2. The lowest BCUT2D eigenvalue weighted by Crippen LogP contribution is -2.12. The number of hydrogen-bond acceptors (Lipinski definition) is 7. The van der Waals surface area contributed by atoms with Gasteiger partial charge < -0.3 is 5.73 Å². The van der Waals surface area contributed by atoms with Gasteiger partial charge in [-0.3, -0.25) is 4.57 Å². The monoisotopic (exact) mass is 516 g/mol. The molecule has 194 valence electrons. The van der Waals surface area contributed by atoms with Gasteiger partial charge in [-0.05, 0) is 66.4 Å². The van der Waals surface area contributed by atoms with Crippen LogP contribution in [-0.4, -0.2) is 44.3 Å². The first-order valence-electron chi connectivity index (χ1n) is 13.0. The van der Waals surface area contributed by atoms with Crippen LogP contribution in [0.25, 0.3) is 34.1 Å². The minimum absolute atomic E-state index is 0.0431. The first-order valence-corrected chi connectivity index (χ1v) is 13.0. The number of benzene rings is 1. The minimum Gasteiger partial charge on any atom is -0.383 e. The second-order valence-electron chi connectivity index (χ2n) is 10.9. The summed E-state index contributed by atoms with van der Waals surface area (Å²) in [5.74, 6) is 1.83. The van der Waals surface area contributed by atoms with Gasteiger partial charge in [0.15, 0.2) is 17.3 Å². The molecule has 0 aliphatic heterocycles. The largest absolute Gasteiger partial charge is 0.383 e. The highest BCUT2D eigenvalue weighted by atomic mass is 15.4. The fourth-order valence-electron chi connectivity index (χ4n) is 5.28. The van der Waals surface area contributed by atoms with Crippen molar-refractivity contribution in [1.82, 2.24) is 44.3 Å². The number of nitrogens with two attached hydrogens (primary N) is 1. The van der Waals surface area contributed by atoms with Gasteiger partial charge in [-0.2, -0.15) is 5.10 Å². The van der Waals surface area contributed by atoms with E-state index in [0.717, 1.165) is 41.0 Å². The molecule has 6 aromatic rings. The van der Waals surface area contributed by atoms with Crippen molar-refractivity contribution in [2.75, 3.05) is 5.73 Å². The van der Waals surface area contributed by atoms with E-state index in [2.05, 4.69) is 70.1 Å². The number of aryl methyl sites for hydroxylation is 1. The summed E-state index contributed by atoms with van der Waals surface area (Å²) in [7, 11) is 0. The maximum atomic E-state index is 6.32. The highest BCUT2D eigenvalue weighted by Crippen LogP contribution is 2.37. The number of hydrogen-bond donors (Lipinski definition) is 1. The Bertz CT molecular complexity index is 1820. The second-order valence-corrected chi connectivity index (χ2v) is 10.9. The lowest BCUT2D eigenvalue weighted by molar-refractivity contribution is 0.504. The smallest absolute Gasteiger partial charge is 0.167 e. The molecule has 1 aromatic carbocycles. The molecule has 1 aliphatic rings. The molecule has 10 nitrogen and oxygen atoms in total. The Labute approximate surface area is 225 Å². The summed E-state index contributed by atoms with van der Waals surface area (Å²) in [4.78, 5) is 14.2. The van der Waals surface area contributed by atoms with Gasteiger partial charge in [0.05, 0.1) is 17.3 Å². The lowest BCUT2D eigenvalue weighted by Gasteiger charge is -2.15. The number of imidazole rings is 1. The van der Waals surface area contributed by atoms with Gasteiger partial charge in [0.2, 0.25) is 0 Å². The van der Waals surface area contributed by atoms with Crippen LogP contribution in [0.4, 0.5) is 5.82 Å². The van der Waals surface area contributed by atoms with Crippen molar-refractivity contribution in [3.63, 3.8) is 0 Å². The number of nitrogen functional groups attached to an aromatic ring is 1. The third kappa shape index (κ3) is 3.87. The summed E-state index contributed by atoms with van der Waals surface area (Å²) in [5, 5.41) is 13.3. The quantitative estimate of drug-likeness (QED) is 0.362. The van der Waals surface area contributed by atoms with Crippen LogP contribution in [0, 0.1) is 0 Å². The van der Waals surface area contributed by atoms with Crippen molar-refractivity contribution in [2.45, 2.75) is 45.1 Å². The Morgan fingerprint density at radius 3 is 2.67 bits per heavy atom. The molecule has 1 aliphatic carbocycles. The van der Waals surface area contributed by atoms with Crippen LogP contribution in [0.3, 0.4) is 0 Å². The SMILES string of the molecule is CC(C)(C)c1cn(C2CCc3cc(-n4c(-c5cccnc5N)nc5ccc(-n6cccn6)nc54)ccc32)nn1. The Morgan fingerprint density at radius 2 is 1.90 bits per heavy atom. The lowest BCUT2D eigenvalue weighted by atomic mass is 9.93. The Kier molecular flexibility index (Phi) is 5.12. The van der Waals surface area contributed by atoms with Crippen LogP contribution in [0.1, 0.15) is 50.1 Å². The van der Waals surface area contributed by atoms with Crippen molar-refractivity contribution in [2.24, 2.45) is 0 Å². The summed E-state index contributed by atoms with van der Waals surface area (Å²) >= 11 is 0. The maximum Gasteiger partial charge on any atom is 0.167 e. The molecule has 0 amide bonds. The van der Waals surface area contributed by atoms with Crippen LogP contribution < -0.4 is 5.73 Å². The highest BCUT2D eigenvalue weighted by molar-refractivity contribution is 5.83. The van der Waals surface area contributed by atoms with Crippen LogP contribution in [0.5, 0.6) is 0 Å². The molecule has 0 fully saturated rings. The standard InChI is InChI=1S/C29H28N10/c1-29(2,3)24-17-38(36-35-24)23-11-7-18-16-19(8-9-20(18)23)39-27(21-6-4-13-31-26(21)30)33-22-10-12-25(34-28(22)39)37-15-5-14-32-37/h4-6,8-10,12-17,23H,7,11H2,1-3H3,(H2,30,31). The number of pyridine rings is 2. The third-order valence-electron chi connectivity index (χ3n) is 7.34. The molecule has 5 heterocycles. The average molecular weight is 517 g/mol. The van der Waals surface area contributed by atoms with Crippen molar-refractivity contribution >= 4 is 17.0 Å². The number of rotatable bonds is 4. The molecule has 0 saturated carbocycles. The Hall–Kier alpha value is -4.86. The van der Waals surface area contributed by atoms with Crippen LogP contribution >= 0.6 is 0 Å². The molecule has 7 rings (SSSR count). The van der Waals surface area contributed by atoms with Crippen molar-refractivity contribution in [1.29, 1.82) is 0 Å². The molecule has 39 heavy (non-hydrogen) atoms. The van der Waals surface area contributed by atoms with Gasteiger partial charge in [-0.15, -0.1) is 5.10 Å². The third-order valence-corrected chi connectivity index (χ3v) is 7.34. The summed E-state index contributed by atoms with van der Waals surface area (Å²) in [5.41, 5.74) is 13.0. The molecule has 2 N–H and O–H groups in total. The molecule has 5 aromatic heterocycles. The minimum atomic E-state index is -0.0431. The van der Waals surface area contributed by atoms with E-state index in [1.165, 1.54) is 11.1 Å². The van der Waals surface area contributed by atoms with E-state index in [1.54, 1.807) is 17.1 Å². The topological polar surface area (TPSA) is 118 Å². The maximum absolute atomic E-state index is 6.32. The highest BCUT2D eigenvalue weighted by Gasteiger charge is 2.28. The number of aromatic nitrogens is 9. The molecule has 0 spiro atoms. The molecule has 1 atom stereocenters. The van der Waals surface area contributed by atoms with Crippen LogP contribution in [0.2, 0.25) is 0 Å². The van der Waals surface area contributed by atoms with E-state index in [-0.39, 0.29) is 11.5 Å². The molecule has 1 unspecified atom stereocenters. The fourth-order valence-corrected chi connectivity index (χ4v) is 5.28. The summed E-state index contributed by atoms with van der Waals surface area (Å²) in [6.07, 6.45) is 9.30. The molecular weight excluding hydrogens is 488 g/mol. The number of fused-ring (bicyclic) bond motifs is 2. The molecule has 0 saturated heterocycles. The van der Waals surface area contributed by atoms with Gasteiger partial charge in [-0.1, -0.05) is 32.1 Å². The van der Waals surface area contributed by atoms with E-state index in [4.69, 9.17) is 15.7 Å². The molecular formula is C29H28N10. The number of anilines is 1. The van der Waals surface area contributed by atoms with E-state index in [0.29, 0.717) is 17.5 Å². The van der Waals surface area contributed by atoms with E-state index >= 15 is 0 Å². The first kappa shape index (κ1) is 23.3. The van der Waals surface area contributed by atoms with Gasteiger partial charge in [-0.25, -0.2) is 24.3 Å². The van der Waals surface area contributed by atoms with Crippen molar-refractivity contribution in [3.8, 4) is 22.9 Å². The summed E-state index contributed by atoms with van der Waals surface area (Å²) in [6.45, 7) is 6.47. The molecule has 0 bridgehead atoms. The van der Waals surface area contributed by atoms with Crippen molar-refractivity contribution in [3.05, 3.63) is 90.1 Å². The molecule has 10 heteroatoms. The summed E-state index contributed by atoms with van der Waals surface area (Å²) in [6, 6.07) is 16.3. The van der Waals surface area contributed by atoms with E-state index in [1.807, 2.05) is 41.2 Å². The van der Waals surface area contributed by atoms with E-state index in [9.17, 15) is 0 Å². The first-order chi connectivity index (χ1) is 18.9. The van der Waals surface area contributed by atoms with Crippen molar-refractivity contribution < 1.29 is 0 Å². The predicted molar refractivity (Wildman–Crippen MR) is 149 cm³/mol. The predicted octanol–water partition coefficient (Wildman–Crippen LogP) is 4.68. The second kappa shape index (κ2) is 8.59. The van der Waals surface area contributed by atoms with Gasteiger partial charge in [0, 0.05) is 35.9 Å². The van der Waals surface area contributed by atoms with E-state index < -0.39 is 0 Å². The van der Waals surface area contributed by atoms with Crippen LogP contribution in [-0.2, 0) is 11.8 Å². The number of nitrogens with zero attached hydrogens (tertiary/aromatic N) is 9. The van der Waals surface area contributed by atoms with Gasteiger partial charge >= 0.3 is 0 Å². The zero-order valence-electron chi connectivity index (χ0n) is 22.0. The van der Waals surface area contributed by atoms with Gasteiger partial charge in [0.1, 0.15) is 11.3 Å². The zero-order valence-corrected chi connectivity index (χ0v) is 22.0. The Balaban J connectivity index is 1.37. The molecule has 0 radical (unpaired) electrons. The fraction of sp³-hybridized carbons (Fsp3) is 0.241. The van der Waals surface area contributed by atoms with Crippen LogP contribution in [0.15, 0.2) is 73.3 Å². The average Bonchev–Trinajstić information content (AvgIpc) is 3.72. The van der Waals surface area contributed by atoms with Gasteiger partial charge in [0.25, 0.3) is 0 Å². The zero-order chi connectivity index (χ0) is 26.7. The Morgan fingerprint density at radius 1 is 1.00 bits per heavy atom. The summed E-state index contributed by atoms with van der Waals surface area (Å²) < 4.78 is 5.82.